The van der Waals surface area contributed by atoms with Gasteiger partial charge in [-0.05, 0) is 43.3 Å². The summed E-state index contributed by atoms with van der Waals surface area (Å²) in [7, 11) is 0. The van der Waals surface area contributed by atoms with Crippen LogP contribution in [0.15, 0.2) is 46.6 Å². The Morgan fingerprint density at radius 1 is 1.24 bits per heavy atom. The molecule has 1 aromatic carbocycles. The second kappa shape index (κ2) is 5.29. The molecule has 88 valence electrons. The van der Waals surface area contributed by atoms with Gasteiger partial charge in [-0.3, -0.25) is 0 Å². The van der Waals surface area contributed by atoms with Crippen LogP contribution in [0.1, 0.15) is 24.3 Å². The molecule has 2 aromatic rings. The van der Waals surface area contributed by atoms with Crippen molar-refractivity contribution in [3.8, 4) is 0 Å². The Bertz CT molecular complexity index is 514. The number of aliphatic hydroxyl groups is 1. The minimum absolute atomic E-state index is 0.483. The maximum absolute atomic E-state index is 9.68. The zero-order valence-corrected chi connectivity index (χ0v) is 10.6. The molecule has 17 heavy (non-hydrogen) atoms. The molecule has 4 heteroatoms. The van der Waals surface area contributed by atoms with Crippen LogP contribution < -0.4 is 0 Å². The van der Waals surface area contributed by atoms with Crippen molar-refractivity contribution in [3.63, 3.8) is 0 Å². The number of aromatic nitrogens is 2. The Labute approximate surface area is 105 Å². The van der Waals surface area contributed by atoms with Crippen molar-refractivity contribution in [1.82, 2.24) is 9.97 Å². The van der Waals surface area contributed by atoms with Crippen molar-refractivity contribution in [2.24, 2.45) is 0 Å². The van der Waals surface area contributed by atoms with Crippen LogP contribution in [0, 0.1) is 6.92 Å². The lowest BCUT2D eigenvalue weighted by molar-refractivity contribution is 0.196. The number of aryl methyl sites for hydroxylation is 1. The average Bonchev–Trinajstić information content (AvgIpc) is 2.29. The van der Waals surface area contributed by atoms with Gasteiger partial charge in [0.05, 0.1) is 6.10 Å². The first-order valence-electron chi connectivity index (χ1n) is 5.41. The second-order valence-electron chi connectivity index (χ2n) is 3.80. The molecule has 0 saturated carbocycles. The van der Waals surface area contributed by atoms with Gasteiger partial charge < -0.3 is 5.11 Å². The lowest BCUT2D eigenvalue weighted by Gasteiger charge is -2.10. The number of aliphatic hydroxyl groups excluding tert-OH is 1. The normalized spacial score (nSPS) is 12.4. The predicted molar refractivity (Wildman–Crippen MR) is 68.0 cm³/mol. The van der Waals surface area contributed by atoms with Gasteiger partial charge in [-0.2, -0.15) is 0 Å². The molecule has 0 bridgehead atoms. The highest BCUT2D eigenvalue weighted by molar-refractivity contribution is 7.99. The highest BCUT2D eigenvalue weighted by Gasteiger charge is 2.09. The van der Waals surface area contributed by atoms with Crippen molar-refractivity contribution in [3.05, 3.63) is 47.8 Å². The number of benzene rings is 1. The summed E-state index contributed by atoms with van der Waals surface area (Å²) >= 11 is 1.47. The fraction of sp³-hybridized carbons (Fsp3) is 0.231. The van der Waals surface area contributed by atoms with Gasteiger partial charge in [-0.25, -0.2) is 9.97 Å². The van der Waals surface area contributed by atoms with E-state index in [1.54, 1.807) is 13.1 Å². The van der Waals surface area contributed by atoms with E-state index in [-0.39, 0.29) is 0 Å². The van der Waals surface area contributed by atoms with Gasteiger partial charge in [0.1, 0.15) is 0 Å². The van der Waals surface area contributed by atoms with Crippen LogP contribution in [0.3, 0.4) is 0 Å². The van der Waals surface area contributed by atoms with Crippen molar-refractivity contribution in [1.29, 1.82) is 0 Å². The van der Waals surface area contributed by atoms with E-state index in [2.05, 4.69) is 9.97 Å². The lowest BCUT2D eigenvalue weighted by Crippen LogP contribution is -1.95. The van der Waals surface area contributed by atoms with E-state index in [1.165, 1.54) is 11.8 Å². The molecule has 0 aliphatic heterocycles. The maximum Gasteiger partial charge on any atom is 0.192 e. The van der Waals surface area contributed by atoms with Gasteiger partial charge in [0.15, 0.2) is 5.16 Å². The number of nitrogens with zero attached hydrogens (tertiary/aromatic N) is 2. The molecule has 1 aromatic heterocycles. The van der Waals surface area contributed by atoms with E-state index >= 15 is 0 Å². The highest BCUT2D eigenvalue weighted by Crippen LogP contribution is 2.30. The van der Waals surface area contributed by atoms with Crippen LogP contribution in [0.4, 0.5) is 0 Å². The molecular weight excluding hydrogens is 232 g/mol. The molecule has 1 heterocycles. The molecule has 2 rings (SSSR count). The Hall–Kier alpha value is -1.39. The zero-order valence-electron chi connectivity index (χ0n) is 9.79. The third kappa shape index (κ3) is 3.05. The Balaban J connectivity index is 2.30. The van der Waals surface area contributed by atoms with Gasteiger partial charge in [0.25, 0.3) is 0 Å². The van der Waals surface area contributed by atoms with E-state index < -0.39 is 6.10 Å². The van der Waals surface area contributed by atoms with Gasteiger partial charge in [0.2, 0.25) is 0 Å². The molecule has 0 fully saturated rings. The number of hydrogen-bond donors (Lipinski definition) is 1. The summed E-state index contributed by atoms with van der Waals surface area (Å²) in [5.74, 6) is 0. The first-order chi connectivity index (χ1) is 8.16. The minimum atomic E-state index is -0.483. The molecule has 1 atom stereocenters. The van der Waals surface area contributed by atoms with Crippen molar-refractivity contribution in [2.75, 3.05) is 0 Å². The minimum Gasteiger partial charge on any atom is -0.389 e. The van der Waals surface area contributed by atoms with E-state index in [9.17, 15) is 5.11 Å². The highest BCUT2D eigenvalue weighted by atomic mass is 32.2. The quantitative estimate of drug-likeness (QED) is 0.846. The summed E-state index contributed by atoms with van der Waals surface area (Å²) in [6.07, 6.45) is 1.26. The molecule has 1 N–H and O–H groups in total. The maximum atomic E-state index is 9.68. The second-order valence-corrected chi connectivity index (χ2v) is 4.81. The molecule has 0 radical (unpaired) electrons. The van der Waals surface area contributed by atoms with Crippen LogP contribution in [0.2, 0.25) is 0 Å². The molecule has 3 nitrogen and oxygen atoms in total. The van der Waals surface area contributed by atoms with Crippen LogP contribution in [-0.4, -0.2) is 15.1 Å². The third-order valence-corrected chi connectivity index (χ3v) is 3.31. The SMILES string of the molecule is Cc1ccnc(Sc2ccccc2C(C)O)n1. The molecule has 0 saturated heterocycles. The molecule has 0 spiro atoms. The van der Waals surface area contributed by atoms with Gasteiger partial charge in [0, 0.05) is 16.8 Å². The predicted octanol–water partition coefficient (Wildman–Crippen LogP) is 2.99. The summed E-state index contributed by atoms with van der Waals surface area (Å²) < 4.78 is 0. The van der Waals surface area contributed by atoms with Crippen LogP contribution >= 0.6 is 11.8 Å². The van der Waals surface area contributed by atoms with E-state index in [0.29, 0.717) is 5.16 Å². The molecule has 0 aliphatic carbocycles. The topological polar surface area (TPSA) is 46.0 Å². The third-order valence-electron chi connectivity index (χ3n) is 2.34. The fourth-order valence-corrected chi connectivity index (χ4v) is 2.49. The van der Waals surface area contributed by atoms with Crippen molar-refractivity contribution in [2.45, 2.75) is 30.0 Å². The van der Waals surface area contributed by atoms with E-state index in [1.807, 2.05) is 37.3 Å². The molecule has 0 aliphatic rings. The molecule has 1 unspecified atom stereocenters. The zero-order chi connectivity index (χ0) is 12.3. The van der Waals surface area contributed by atoms with Gasteiger partial charge in [-0.15, -0.1) is 0 Å². The Morgan fingerprint density at radius 2 is 2.00 bits per heavy atom. The van der Waals surface area contributed by atoms with E-state index in [0.717, 1.165) is 16.2 Å². The molecule has 0 amide bonds. The number of hydrogen-bond acceptors (Lipinski definition) is 4. The largest absolute Gasteiger partial charge is 0.389 e. The fourth-order valence-electron chi connectivity index (χ4n) is 1.49. The van der Waals surface area contributed by atoms with Gasteiger partial charge in [-0.1, -0.05) is 18.2 Å². The summed E-state index contributed by atoms with van der Waals surface area (Å²) in [6.45, 7) is 3.70. The lowest BCUT2D eigenvalue weighted by atomic mass is 10.1. The average molecular weight is 246 g/mol. The Morgan fingerprint density at radius 3 is 2.71 bits per heavy atom. The van der Waals surface area contributed by atoms with Gasteiger partial charge >= 0.3 is 0 Å². The smallest absolute Gasteiger partial charge is 0.192 e. The Kier molecular flexibility index (Phi) is 3.76. The summed E-state index contributed by atoms with van der Waals surface area (Å²) in [4.78, 5) is 9.54. The summed E-state index contributed by atoms with van der Waals surface area (Å²) in [5, 5.41) is 10.4. The summed E-state index contributed by atoms with van der Waals surface area (Å²) in [6, 6.07) is 9.62. The molecular formula is C13H14N2OS. The monoisotopic (exact) mass is 246 g/mol. The first-order valence-corrected chi connectivity index (χ1v) is 6.23. The summed E-state index contributed by atoms with van der Waals surface area (Å²) in [5.41, 5.74) is 1.85. The van der Waals surface area contributed by atoms with Crippen LogP contribution in [0.5, 0.6) is 0 Å². The van der Waals surface area contributed by atoms with E-state index in [4.69, 9.17) is 0 Å². The van der Waals surface area contributed by atoms with Crippen LogP contribution in [-0.2, 0) is 0 Å². The van der Waals surface area contributed by atoms with Crippen LogP contribution in [0.25, 0.3) is 0 Å². The first kappa shape index (κ1) is 12.1. The standard InChI is InChI=1S/C13H14N2OS/c1-9-7-8-14-13(15-9)17-12-6-4-3-5-11(12)10(2)16/h3-8,10,16H,1-2H3. The van der Waals surface area contributed by atoms with Crippen molar-refractivity contribution >= 4 is 11.8 Å². The number of rotatable bonds is 3. The van der Waals surface area contributed by atoms with Crippen molar-refractivity contribution < 1.29 is 5.11 Å².